The summed E-state index contributed by atoms with van der Waals surface area (Å²) in [4.78, 5) is 1.01. The third kappa shape index (κ3) is 3.08. The van der Waals surface area contributed by atoms with Crippen LogP contribution in [0, 0.1) is 0 Å². The van der Waals surface area contributed by atoms with Gasteiger partial charge in [-0.2, -0.15) is 0 Å². The van der Waals surface area contributed by atoms with Gasteiger partial charge in [-0.15, -0.1) is 11.3 Å². The molecule has 1 aromatic rings. The molecule has 0 saturated carbocycles. The molecular formula is C9H14O3S2. The Labute approximate surface area is 88.3 Å². The van der Waals surface area contributed by atoms with Crippen molar-refractivity contribution in [2.45, 2.75) is 24.7 Å². The van der Waals surface area contributed by atoms with E-state index in [0.29, 0.717) is 6.42 Å². The Morgan fingerprint density at radius 1 is 1.57 bits per heavy atom. The van der Waals surface area contributed by atoms with Gasteiger partial charge in [0, 0.05) is 17.6 Å². The van der Waals surface area contributed by atoms with Crippen molar-refractivity contribution in [2.75, 3.05) is 6.26 Å². The highest BCUT2D eigenvalue weighted by Gasteiger charge is 2.24. The van der Waals surface area contributed by atoms with Gasteiger partial charge in [-0.25, -0.2) is 8.42 Å². The van der Waals surface area contributed by atoms with Crippen LogP contribution in [0.5, 0.6) is 0 Å². The van der Waals surface area contributed by atoms with Crippen LogP contribution < -0.4 is 0 Å². The second kappa shape index (κ2) is 4.42. The van der Waals surface area contributed by atoms with Crippen molar-refractivity contribution in [1.82, 2.24) is 0 Å². The first-order valence-corrected chi connectivity index (χ1v) is 7.14. The highest BCUT2D eigenvalue weighted by molar-refractivity contribution is 7.91. The molecule has 80 valence electrons. The van der Waals surface area contributed by atoms with Gasteiger partial charge in [0.05, 0.1) is 11.4 Å². The summed E-state index contributed by atoms with van der Waals surface area (Å²) < 4.78 is 22.3. The summed E-state index contributed by atoms with van der Waals surface area (Å²) in [6, 6.07) is 3.78. The average Bonchev–Trinajstić information content (AvgIpc) is 2.53. The van der Waals surface area contributed by atoms with Gasteiger partial charge in [0.2, 0.25) is 0 Å². The maximum Gasteiger partial charge on any atom is 0.152 e. The van der Waals surface area contributed by atoms with E-state index in [1.54, 1.807) is 0 Å². The Balaban J connectivity index is 2.63. The van der Waals surface area contributed by atoms with Gasteiger partial charge in [-0.3, -0.25) is 0 Å². The predicted octanol–water partition coefficient (Wildman–Crippen LogP) is 1.08. The van der Waals surface area contributed by atoms with Crippen LogP contribution in [0.2, 0.25) is 0 Å². The van der Waals surface area contributed by atoms with Gasteiger partial charge in [-0.05, 0) is 18.4 Å². The fraction of sp³-hybridized carbons (Fsp3) is 0.556. The molecule has 1 aromatic heterocycles. The van der Waals surface area contributed by atoms with Crippen molar-refractivity contribution in [3.63, 3.8) is 0 Å². The van der Waals surface area contributed by atoms with E-state index < -0.39 is 21.2 Å². The van der Waals surface area contributed by atoms with Gasteiger partial charge in [-0.1, -0.05) is 6.07 Å². The third-order valence-electron chi connectivity index (χ3n) is 2.21. The van der Waals surface area contributed by atoms with Crippen molar-refractivity contribution in [3.8, 4) is 0 Å². The maximum absolute atomic E-state index is 11.1. The van der Waals surface area contributed by atoms with Gasteiger partial charge >= 0.3 is 0 Å². The second-order valence-corrected chi connectivity index (χ2v) is 6.82. The van der Waals surface area contributed by atoms with Crippen molar-refractivity contribution in [2.24, 2.45) is 0 Å². The monoisotopic (exact) mass is 234 g/mol. The summed E-state index contributed by atoms with van der Waals surface area (Å²) in [7, 11) is -3.15. The van der Waals surface area contributed by atoms with Crippen LogP contribution in [-0.2, 0) is 16.3 Å². The van der Waals surface area contributed by atoms with Gasteiger partial charge in [0.25, 0.3) is 0 Å². The lowest BCUT2D eigenvalue weighted by Crippen LogP contribution is -2.32. The van der Waals surface area contributed by atoms with Crippen LogP contribution >= 0.6 is 11.3 Å². The molecule has 0 bridgehead atoms. The second-order valence-electron chi connectivity index (χ2n) is 3.39. The number of sulfone groups is 1. The summed E-state index contributed by atoms with van der Waals surface area (Å²) in [6.07, 6.45) is 0.741. The Hall–Kier alpha value is -0.390. The molecule has 0 radical (unpaired) electrons. The first kappa shape index (κ1) is 11.7. The van der Waals surface area contributed by atoms with E-state index in [-0.39, 0.29) is 0 Å². The number of aliphatic hydroxyl groups is 1. The first-order chi connectivity index (χ1) is 6.41. The molecule has 0 aliphatic heterocycles. The minimum Gasteiger partial charge on any atom is -0.391 e. The number of thiophene rings is 1. The molecule has 0 aliphatic carbocycles. The van der Waals surface area contributed by atoms with Crippen LogP contribution in [0.1, 0.15) is 11.8 Å². The summed E-state index contributed by atoms with van der Waals surface area (Å²) in [5.74, 6) is 0. The molecule has 1 N–H and O–H groups in total. The fourth-order valence-corrected chi connectivity index (χ4v) is 2.51. The molecule has 3 nitrogen and oxygen atoms in total. The predicted molar refractivity (Wildman–Crippen MR) is 58.3 cm³/mol. The molecule has 2 unspecified atom stereocenters. The van der Waals surface area contributed by atoms with Crippen molar-refractivity contribution in [3.05, 3.63) is 22.4 Å². The largest absolute Gasteiger partial charge is 0.391 e. The highest BCUT2D eigenvalue weighted by atomic mass is 32.2. The van der Waals surface area contributed by atoms with E-state index >= 15 is 0 Å². The summed E-state index contributed by atoms with van der Waals surface area (Å²) >= 11 is 1.52. The standard InChI is InChI=1S/C9H14O3S2/c1-7(14(2,11)12)9(10)6-8-4-3-5-13-8/h3-5,7,9-10H,6H2,1-2H3. The highest BCUT2D eigenvalue weighted by Crippen LogP contribution is 2.15. The van der Waals surface area contributed by atoms with Crippen LogP contribution in [0.4, 0.5) is 0 Å². The van der Waals surface area contributed by atoms with Crippen molar-refractivity contribution in [1.29, 1.82) is 0 Å². The smallest absolute Gasteiger partial charge is 0.152 e. The quantitative estimate of drug-likeness (QED) is 0.848. The molecule has 0 saturated heterocycles. The Morgan fingerprint density at radius 2 is 2.21 bits per heavy atom. The maximum atomic E-state index is 11.1. The lowest BCUT2D eigenvalue weighted by atomic mass is 10.2. The average molecular weight is 234 g/mol. The molecule has 0 aliphatic rings. The molecular weight excluding hydrogens is 220 g/mol. The van der Waals surface area contributed by atoms with Gasteiger partial charge in [0.15, 0.2) is 9.84 Å². The number of aliphatic hydroxyl groups excluding tert-OH is 1. The zero-order chi connectivity index (χ0) is 10.8. The molecule has 0 aromatic carbocycles. The topological polar surface area (TPSA) is 54.4 Å². The van der Waals surface area contributed by atoms with Crippen LogP contribution in [0.15, 0.2) is 17.5 Å². The molecule has 2 atom stereocenters. The molecule has 5 heteroatoms. The van der Waals surface area contributed by atoms with Crippen LogP contribution in [-0.4, -0.2) is 31.1 Å². The van der Waals surface area contributed by atoms with Gasteiger partial charge < -0.3 is 5.11 Å². The third-order valence-corrected chi connectivity index (χ3v) is 4.77. The van der Waals surface area contributed by atoms with E-state index in [9.17, 15) is 13.5 Å². The Bertz CT molecular complexity index is 367. The number of hydrogen-bond donors (Lipinski definition) is 1. The molecule has 1 rings (SSSR count). The normalized spacial score (nSPS) is 16.5. The number of rotatable bonds is 4. The van der Waals surface area contributed by atoms with E-state index in [0.717, 1.165) is 11.1 Å². The van der Waals surface area contributed by atoms with E-state index in [1.165, 1.54) is 18.3 Å². The summed E-state index contributed by atoms with van der Waals surface area (Å²) in [5, 5.41) is 10.9. The zero-order valence-corrected chi connectivity index (χ0v) is 9.81. The van der Waals surface area contributed by atoms with E-state index in [1.807, 2.05) is 17.5 Å². The van der Waals surface area contributed by atoms with Crippen LogP contribution in [0.3, 0.4) is 0 Å². The van der Waals surface area contributed by atoms with E-state index in [2.05, 4.69) is 0 Å². The Morgan fingerprint density at radius 3 is 2.64 bits per heavy atom. The lowest BCUT2D eigenvalue weighted by molar-refractivity contribution is 0.174. The van der Waals surface area contributed by atoms with Crippen molar-refractivity contribution < 1.29 is 13.5 Å². The molecule has 0 fully saturated rings. The summed E-state index contributed by atoms with van der Waals surface area (Å²) in [5.41, 5.74) is 0. The summed E-state index contributed by atoms with van der Waals surface area (Å²) in [6.45, 7) is 1.54. The molecule has 1 heterocycles. The molecule has 14 heavy (non-hydrogen) atoms. The van der Waals surface area contributed by atoms with Crippen molar-refractivity contribution >= 4 is 21.2 Å². The minimum absolute atomic E-state index is 0.409. The number of hydrogen-bond acceptors (Lipinski definition) is 4. The van der Waals surface area contributed by atoms with Crippen LogP contribution in [0.25, 0.3) is 0 Å². The molecule has 0 spiro atoms. The zero-order valence-electron chi connectivity index (χ0n) is 8.17. The lowest BCUT2D eigenvalue weighted by Gasteiger charge is -2.15. The van der Waals surface area contributed by atoms with E-state index in [4.69, 9.17) is 0 Å². The molecule has 0 amide bonds. The first-order valence-electron chi connectivity index (χ1n) is 4.30. The minimum atomic E-state index is -3.15. The SMILES string of the molecule is CC(C(O)Cc1cccs1)S(C)(=O)=O. The van der Waals surface area contributed by atoms with Gasteiger partial charge in [0.1, 0.15) is 0 Å². The fourth-order valence-electron chi connectivity index (χ4n) is 1.09. The Kier molecular flexibility index (Phi) is 3.69.